The molecule has 0 aliphatic carbocycles. The van der Waals surface area contributed by atoms with Crippen LogP contribution in [-0.4, -0.2) is 35.4 Å². The van der Waals surface area contributed by atoms with Crippen LogP contribution in [0.1, 0.15) is 13.8 Å². The van der Waals surface area contributed by atoms with E-state index in [0.717, 1.165) is 8.95 Å². The van der Waals surface area contributed by atoms with Gasteiger partial charge in [-0.3, -0.25) is 0 Å². The van der Waals surface area contributed by atoms with E-state index in [0.29, 0.717) is 24.7 Å². The summed E-state index contributed by atoms with van der Waals surface area (Å²) in [5, 5.41) is 37.0. The van der Waals surface area contributed by atoms with Crippen LogP contribution in [0, 0.1) is 0 Å². The zero-order chi connectivity index (χ0) is 25.1. The standard InChI is InChI=1S/2C6H5BrO.2C5H8O3.Ti/c2*7-5-1-3-6(8)4-2-5;2*1-3-8-4(2)5(6)7;/h2*1-4,8H;2*2-3H2,1H3,(H,6,7);/q;;;;+2/p-2. The summed E-state index contributed by atoms with van der Waals surface area (Å²) in [6.45, 7) is 10.1. The second-order valence-electron chi connectivity index (χ2n) is 5.24. The molecule has 8 nitrogen and oxygen atoms in total. The van der Waals surface area contributed by atoms with Crippen LogP contribution < -0.4 is 10.2 Å². The molecule has 178 valence electrons. The van der Waals surface area contributed by atoms with Crippen molar-refractivity contribution in [1.29, 1.82) is 0 Å². The first-order valence-corrected chi connectivity index (χ1v) is 10.5. The molecule has 0 aliphatic heterocycles. The first kappa shape index (κ1) is 35.3. The summed E-state index contributed by atoms with van der Waals surface area (Å²) in [5.41, 5.74) is 0. The third-order valence-corrected chi connectivity index (χ3v) is 3.80. The van der Waals surface area contributed by atoms with E-state index in [-0.39, 0.29) is 33.2 Å². The molecule has 0 saturated heterocycles. The number of rotatable bonds is 6. The molecule has 0 bridgehead atoms. The predicted octanol–water partition coefficient (Wildman–Crippen LogP) is 2.88. The van der Waals surface area contributed by atoms with Crippen LogP contribution in [0.15, 0.2) is 82.2 Å². The van der Waals surface area contributed by atoms with Gasteiger partial charge >= 0.3 is 21.7 Å². The molecule has 0 spiro atoms. The molecule has 0 fully saturated rings. The molecule has 11 heteroatoms. The molecular weight excluding hydrogens is 600 g/mol. The van der Waals surface area contributed by atoms with E-state index in [1.54, 1.807) is 62.4 Å². The van der Waals surface area contributed by atoms with Gasteiger partial charge in [0, 0.05) is 8.95 Å². The number of carboxylic acids is 2. The number of aliphatic carboxylic acids is 2. The number of hydrogen-bond donors (Lipinski definition) is 2. The minimum atomic E-state index is -1.35. The molecule has 0 unspecified atom stereocenters. The third kappa shape index (κ3) is 22.7. The van der Waals surface area contributed by atoms with Crippen LogP contribution in [0.4, 0.5) is 0 Å². The predicted molar refractivity (Wildman–Crippen MR) is 123 cm³/mol. The smallest absolute Gasteiger partial charge is 0.542 e. The average molecular weight is 624 g/mol. The van der Waals surface area contributed by atoms with Crippen LogP contribution in [0.5, 0.6) is 11.5 Å². The molecule has 0 aromatic heterocycles. The summed E-state index contributed by atoms with van der Waals surface area (Å²) in [6, 6.07) is 13.7. The minimum Gasteiger partial charge on any atom is -0.542 e. The SMILES string of the molecule is C=C(OCC)C(=O)[O-].C=C(OCC)C(=O)[O-].Oc1ccc(Br)cc1.Oc1ccc(Br)cc1.[Ti+2]. The van der Waals surface area contributed by atoms with Gasteiger partial charge in [0.15, 0.2) is 0 Å². The Kier molecular flexibility index (Phi) is 23.1. The molecule has 0 atom stereocenters. The first-order chi connectivity index (χ1) is 14.9. The van der Waals surface area contributed by atoms with Gasteiger partial charge in [-0.05, 0) is 62.4 Å². The van der Waals surface area contributed by atoms with E-state index in [9.17, 15) is 19.8 Å². The summed E-state index contributed by atoms with van der Waals surface area (Å²) in [4.78, 5) is 19.5. The van der Waals surface area contributed by atoms with Gasteiger partial charge in [-0.15, -0.1) is 0 Å². The molecular formula is C22H24Br2O8Ti. The number of hydrogen-bond acceptors (Lipinski definition) is 8. The molecule has 0 saturated carbocycles. The van der Waals surface area contributed by atoms with Gasteiger partial charge in [-0.2, -0.15) is 0 Å². The molecule has 2 aromatic rings. The summed E-state index contributed by atoms with van der Waals surface area (Å²) >= 11 is 6.47. The maximum Gasteiger partial charge on any atom is 2.00 e. The number of phenolic OH excluding ortho intramolecular Hbond substituents is 2. The van der Waals surface area contributed by atoms with Crippen molar-refractivity contribution in [2.45, 2.75) is 13.8 Å². The van der Waals surface area contributed by atoms with Gasteiger partial charge in [0.2, 0.25) is 0 Å². The Morgan fingerprint density at radius 3 is 1.12 bits per heavy atom. The van der Waals surface area contributed by atoms with Crippen LogP contribution in [0.2, 0.25) is 0 Å². The number of carbonyl (C=O) groups is 2. The van der Waals surface area contributed by atoms with Crippen molar-refractivity contribution in [1.82, 2.24) is 0 Å². The van der Waals surface area contributed by atoms with E-state index < -0.39 is 11.9 Å². The van der Waals surface area contributed by atoms with Gasteiger partial charge in [-0.25, -0.2) is 0 Å². The third-order valence-electron chi connectivity index (χ3n) is 2.75. The van der Waals surface area contributed by atoms with Crippen LogP contribution in [0.25, 0.3) is 0 Å². The summed E-state index contributed by atoms with van der Waals surface area (Å²) < 4.78 is 10.9. The molecule has 2 rings (SSSR count). The maximum absolute atomic E-state index is 9.75. The van der Waals surface area contributed by atoms with Crippen molar-refractivity contribution in [3.63, 3.8) is 0 Å². The molecule has 0 aliphatic rings. The van der Waals surface area contributed by atoms with E-state index in [1.165, 1.54) is 0 Å². The molecule has 2 N–H and O–H groups in total. The Morgan fingerprint density at radius 2 is 1.00 bits per heavy atom. The minimum absolute atomic E-state index is 0. The van der Waals surface area contributed by atoms with E-state index in [4.69, 9.17) is 10.2 Å². The molecule has 2 aromatic carbocycles. The number of benzene rings is 2. The van der Waals surface area contributed by atoms with Crippen molar-refractivity contribution < 1.29 is 61.2 Å². The number of phenols is 2. The van der Waals surface area contributed by atoms with Crippen molar-refractivity contribution in [3.05, 3.63) is 82.2 Å². The quantitative estimate of drug-likeness (QED) is 0.285. The first-order valence-electron chi connectivity index (χ1n) is 8.89. The second kappa shape index (κ2) is 21.6. The fraction of sp³-hybridized carbons (Fsp3) is 0.182. The van der Waals surface area contributed by atoms with Crippen LogP contribution in [0.3, 0.4) is 0 Å². The topological polar surface area (TPSA) is 139 Å². The molecule has 0 heterocycles. The Morgan fingerprint density at radius 1 is 0.758 bits per heavy atom. The Bertz CT molecular complexity index is 727. The fourth-order valence-corrected chi connectivity index (χ4v) is 1.88. The Labute approximate surface area is 224 Å². The Balaban J connectivity index is -0.000000360. The van der Waals surface area contributed by atoms with Crippen LogP contribution >= 0.6 is 31.9 Å². The monoisotopic (exact) mass is 622 g/mol. The normalized spacial score (nSPS) is 8.36. The molecule has 0 amide bonds. The van der Waals surface area contributed by atoms with E-state index in [2.05, 4.69) is 54.5 Å². The number of carboxylic acid groups (broad SMARTS) is 2. The average Bonchev–Trinajstić information content (AvgIpc) is 2.74. The summed E-state index contributed by atoms with van der Waals surface area (Å²) in [6.07, 6.45) is 0. The Hall–Kier alpha value is -2.27. The van der Waals surface area contributed by atoms with Crippen molar-refractivity contribution >= 4 is 43.8 Å². The molecule has 33 heavy (non-hydrogen) atoms. The summed E-state index contributed by atoms with van der Waals surface area (Å²) in [7, 11) is 0. The maximum atomic E-state index is 9.75. The zero-order valence-electron chi connectivity index (χ0n) is 18.0. The number of aromatic hydroxyl groups is 2. The largest absolute Gasteiger partial charge is 2.00 e. The van der Waals surface area contributed by atoms with E-state index >= 15 is 0 Å². The van der Waals surface area contributed by atoms with Crippen molar-refractivity contribution in [2.24, 2.45) is 0 Å². The number of carbonyl (C=O) groups excluding carboxylic acids is 2. The number of ether oxygens (including phenoxy) is 2. The second-order valence-corrected chi connectivity index (χ2v) is 7.07. The van der Waals surface area contributed by atoms with Crippen LogP contribution in [-0.2, 0) is 40.8 Å². The number of halogens is 2. The van der Waals surface area contributed by atoms with E-state index in [1.807, 2.05) is 0 Å². The van der Waals surface area contributed by atoms with Gasteiger partial charge in [0.1, 0.15) is 35.0 Å². The fourth-order valence-electron chi connectivity index (χ4n) is 1.35. The summed E-state index contributed by atoms with van der Waals surface area (Å²) in [5.74, 6) is -2.74. The van der Waals surface area contributed by atoms with Gasteiger partial charge < -0.3 is 39.5 Å². The van der Waals surface area contributed by atoms with Gasteiger partial charge in [-0.1, -0.05) is 45.0 Å². The zero-order valence-corrected chi connectivity index (χ0v) is 22.8. The van der Waals surface area contributed by atoms with Crippen molar-refractivity contribution in [2.75, 3.05) is 13.2 Å². The van der Waals surface area contributed by atoms with Crippen molar-refractivity contribution in [3.8, 4) is 11.5 Å². The molecule has 0 radical (unpaired) electrons. The van der Waals surface area contributed by atoms with Gasteiger partial charge in [0.25, 0.3) is 0 Å². The van der Waals surface area contributed by atoms with Gasteiger partial charge in [0.05, 0.1) is 13.2 Å².